The normalized spacial score (nSPS) is 0. The second-order valence-corrected chi connectivity index (χ2v) is 0. The van der Waals surface area contributed by atoms with Crippen molar-refractivity contribution >= 4 is 0 Å². The minimum absolute atomic E-state index is 0. The van der Waals surface area contributed by atoms with E-state index in [-0.39, 0.29) is 179 Å². The van der Waals surface area contributed by atoms with Gasteiger partial charge in [0, 0.05) is 179 Å². The van der Waals surface area contributed by atoms with Crippen molar-refractivity contribution in [2.24, 2.45) is 0 Å². The summed E-state index contributed by atoms with van der Waals surface area (Å²) in [7, 11) is 0. The fourth-order valence-electron chi connectivity index (χ4n) is 0. The number of hydrogen-bond acceptors (Lipinski definition) is 0. The van der Waals surface area contributed by atoms with Crippen LogP contribution in [0.25, 0.3) is 0 Å². The van der Waals surface area contributed by atoms with Crippen LogP contribution in [0.2, 0.25) is 0 Å². The maximum absolute atomic E-state index is 0. The van der Waals surface area contributed by atoms with Crippen molar-refractivity contribution in [3.63, 3.8) is 0 Å². The van der Waals surface area contributed by atoms with E-state index in [0.29, 0.717) is 0 Å². The summed E-state index contributed by atoms with van der Waals surface area (Å²) in [6.07, 6.45) is 0. The van der Waals surface area contributed by atoms with E-state index in [9.17, 15) is 0 Å². The molecule has 0 aromatic heterocycles. The van der Waals surface area contributed by atoms with E-state index in [1.807, 2.05) is 0 Å². The summed E-state index contributed by atoms with van der Waals surface area (Å²) < 4.78 is 0. The van der Waals surface area contributed by atoms with Crippen molar-refractivity contribution in [1.29, 1.82) is 0 Å². The molecule has 29 valence electrons. The third-order valence-electron chi connectivity index (χ3n) is 0. The van der Waals surface area contributed by atoms with E-state index in [1.54, 1.807) is 0 Å². The molecule has 0 atom stereocenters. The molecule has 0 saturated heterocycles. The molecule has 4 heteroatoms. The first-order chi connectivity index (χ1) is 0. The third kappa shape index (κ3) is 10.7. The maximum Gasteiger partial charge on any atom is 0 e. The SMILES string of the molecule is [Ce].[Eu].[Nd].[Yb]. The average molecular weight is 609 g/mol. The molecule has 0 aliphatic rings. The van der Waals surface area contributed by atoms with Gasteiger partial charge in [0.05, 0.1) is 0 Å². The van der Waals surface area contributed by atoms with Crippen molar-refractivity contribution < 1.29 is 179 Å². The van der Waals surface area contributed by atoms with Crippen molar-refractivity contribution in [1.82, 2.24) is 0 Å². The van der Waals surface area contributed by atoms with E-state index in [0.717, 1.165) is 0 Å². The van der Waals surface area contributed by atoms with Gasteiger partial charge in [0.2, 0.25) is 0 Å². The van der Waals surface area contributed by atoms with E-state index in [4.69, 9.17) is 0 Å². The number of rotatable bonds is 0. The summed E-state index contributed by atoms with van der Waals surface area (Å²) >= 11 is 0. The van der Waals surface area contributed by atoms with Crippen molar-refractivity contribution in [2.75, 3.05) is 0 Å². The minimum Gasteiger partial charge on any atom is 0 e. The summed E-state index contributed by atoms with van der Waals surface area (Å²) in [4.78, 5) is 0. The van der Waals surface area contributed by atoms with E-state index >= 15 is 0 Å². The molecule has 0 aliphatic heterocycles. The van der Waals surface area contributed by atoms with Crippen molar-refractivity contribution in [3.8, 4) is 0 Å². The number of hydrogen-bond donors (Lipinski definition) is 0. The molecule has 0 amide bonds. The van der Waals surface area contributed by atoms with Gasteiger partial charge in [-0.25, -0.2) is 0 Å². The molecular weight excluding hydrogens is 609 g/mol. The average Bonchev–Trinajstić information content (AvgIpc) is 0. The van der Waals surface area contributed by atoms with E-state index in [2.05, 4.69) is 0 Å². The summed E-state index contributed by atoms with van der Waals surface area (Å²) in [5, 5.41) is 0. The standard InChI is InChI=1S/Ce.Eu.Nd.Yb. The molecule has 0 fully saturated rings. The fraction of sp³-hybridized carbons (Fsp3) is 0. The Labute approximate surface area is 172 Å². The van der Waals surface area contributed by atoms with Crippen LogP contribution in [0.3, 0.4) is 0 Å². The second-order valence-electron chi connectivity index (χ2n) is 0. The van der Waals surface area contributed by atoms with Crippen LogP contribution in [0.4, 0.5) is 0 Å². The van der Waals surface area contributed by atoms with Gasteiger partial charge in [0.15, 0.2) is 0 Å². The first-order valence-corrected chi connectivity index (χ1v) is 0. The van der Waals surface area contributed by atoms with Gasteiger partial charge in [0.1, 0.15) is 0 Å². The predicted molar refractivity (Wildman–Crippen MR) is 0 cm³/mol. The monoisotopic (exact) mass is 609 g/mol. The van der Waals surface area contributed by atoms with Crippen molar-refractivity contribution in [3.05, 3.63) is 0 Å². The molecule has 0 aromatic rings. The smallest absolute Gasteiger partial charge is 0 e. The Hall–Kier alpha value is 5.83. The van der Waals surface area contributed by atoms with Crippen LogP contribution in [0.1, 0.15) is 0 Å². The predicted octanol–water partition coefficient (Wildman–Crippen LogP) is 0. The molecule has 0 nitrogen and oxygen atoms in total. The van der Waals surface area contributed by atoms with Crippen LogP contribution in [0.5, 0.6) is 0 Å². The van der Waals surface area contributed by atoms with Gasteiger partial charge in [-0.3, -0.25) is 0 Å². The van der Waals surface area contributed by atoms with Crippen LogP contribution in [0, 0.1) is 179 Å². The third-order valence-corrected chi connectivity index (χ3v) is 0. The molecule has 0 spiro atoms. The first kappa shape index (κ1) is 22.5. The van der Waals surface area contributed by atoms with Crippen molar-refractivity contribution in [2.45, 2.75) is 0 Å². The Morgan fingerprint density at radius 3 is 1.00 bits per heavy atom. The molecule has 0 unspecified atom stereocenters. The molecule has 1 radical (unpaired) electrons. The second kappa shape index (κ2) is 15.9. The van der Waals surface area contributed by atoms with Gasteiger partial charge < -0.3 is 0 Å². The van der Waals surface area contributed by atoms with E-state index in [1.165, 1.54) is 0 Å². The Kier molecular flexibility index (Phi) is 89.8. The maximum atomic E-state index is 0. The molecular formula is CeEuNdYb. The molecule has 0 bridgehead atoms. The zero-order valence-corrected chi connectivity index (χ0v) is 12.1. The summed E-state index contributed by atoms with van der Waals surface area (Å²) in [5.41, 5.74) is 0. The van der Waals surface area contributed by atoms with Gasteiger partial charge >= 0.3 is 0 Å². The van der Waals surface area contributed by atoms with Gasteiger partial charge in [-0.2, -0.15) is 0 Å². The first-order valence-electron chi connectivity index (χ1n) is 0. The molecule has 0 aliphatic carbocycles. The van der Waals surface area contributed by atoms with Crippen LogP contribution in [0.15, 0.2) is 0 Å². The topological polar surface area (TPSA) is 0 Å². The molecule has 0 saturated carbocycles. The van der Waals surface area contributed by atoms with Gasteiger partial charge in [-0.15, -0.1) is 0 Å². The molecule has 0 heterocycles. The van der Waals surface area contributed by atoms with Gasteiger partial charge in [-0.05, 0) is 0 Å². The van der Waals surface area contributed by atoms with Gasteiger partial charge in [0.25, 0.3) is 0 Å². The zero-order chi connectivity index (χ0) is 0. The van der Waals surface area contributed by atoms with Crippen LogP contribution in [-0.4, -0.2) is 0 Å². The largest absolute Gasteiger partial charge is 0 e. The van der Waals surface area contributed by atoms with Crippen LogP contribution >= 0.6 is 0 Å². The summed E-state index contributed by atoms with van der Waals surface area (Å²) in [5.74, 6) is 0. The Morgan fingerprint density at radius 2 is 1.00 bits per heavy atom. The van der Waals surface area contributed by atoms with Crippen LogP contribution < -0.4 is 0 Å². The Morgan fingerprint density at radius 1 is 1.00 bits per heavy atom. The quantitative estimate of drug-likeness (QED) is 0.363. The molecule has 0 N–H and O–H groups in total. The minimum atomic E-state index is 0. The Bertz CT molecular complexity index is 8.00. The molecule has 0 rings (SSSR count). The summed E-state index contributed by atoms with van der Waals surface area (Å²) in [6, 6.07) is 0. The fourth-order valence-corrected chi connectivity index (χ4v) is 0. The van der Waals surface area contributed by atoms with Gasteiger partial charge in [-0.1, -0.05) is 0 Å². The summed E-state index contributed by atoms with van der Waals surface area (Å²) in [6.45, 7) is 0. The molecule has 4 heavy (non-hydrogen) atoms. The Balaban J connectivity index is 0. The molecule has 0 aromatic carbocycles. The van der Waals surface area contributed by atoms with E-state index < -0.39 is 0 Å². The zero-order valence-electron chi connectivity index (χ0n) is 1.65. The van der Waals surface area contributed by atoms with Crippen LogP contribution in [-0.2, 0) is 0 Å².